The van der Waals surface area contributed by atoms with Crippen molar-refractivity contribution in [2.75, 3.05) is 7.11 Å². The van der Waals surface area contributed by atoms with Crippen molar-refractivity contribution in [2.24, 2.45) is 0 Å². The molecular weight excluding hydrogens is 352 g/mol. The smallest absolute Gasteiger partial charge is 0.319 e. The average Bonchev–Trinajstić information content (AvgIpc) is 3.05. The van der Waals surface area contributed by atoms with E-state index in [2.05, 4.69) is 15.1 Å². The summed E-state index contributed by atoms with van der Waals surface area (Å²) in [6.07, 6.45) is 2.07. The molecule has 0 saturated heterocycles. The Morgan fingerprint density at radius 1 is 1.38 bits per heavy atom. The van der Waals surface area contributed by atoms with Crippen LogP contribution in [0.15, 0.2) is 34.3 Å². The lowest BCUT2D eigenvalue weighted by molar-refractivity contribution is -0.140. The highest BCUT2D eigenvalue weighted by atomic mass is 32.2. The number of nitrogens with one attached hydrogen (secondary N) is 1. The third-order valence-corrected chi connectivity index (χ3v) is 5.54. The number of carbonyl (C=O) groups is 1. The minimum atomic E-state index is -0.433. The molecule has 1 atom stereocenters. The fourth-order valence-electron chi connectivity index (χ4n) is 2.66. The molecule has 0 saturated carbocycles. The molecule has 1 unspecified atom stereocenters. The number of methoxy groups -OCH3 is 1. The van der Waals surface area contributed by atoms with Gasteiger partial charge in [0, 0.05) is 0 Å². The first kappa shape index (κ1) is 18.2. The van der Waals surface area contributed by atoms with E-state index in [1.165, 1.54) is 25.1 Å². The van der Waals surface area contributed by atoms with Crippen molar-refractivity contribution in [1.29, 1.82) is 0 Å². The third kappa shape index (κ3) is 3.24. The van der Waals surface area contributed by atoms with Crippen molar-refractivity contribution in [2.45, 2.75) is 37.6 Å². The Balaban J connectivity index is 2.11. The zero-order chi connectivity index (χ0) is 18.8. The number of rotatable bonds is 5. The van der Waals surface area contributed by atoms with Crippen LogP contribution in [0, 0.1) is 13.8 Å². The number of benzene rings is 1. The Bertz CT molecular complexity index is 1020. The number of aromatic amines is 1. The summed E-state index contributed by atoms with van der Waals surface area (Å²) in [7, 11) is 1.35. The lowest BCUT2D eigenvalue weighted by Gasteiger charge is -2.12. The average molecular weight is 372 g/mol. The van der Waals surface area contributed by atoms with Gasteiger partial charge in [-0.2, -0.15) is 5.10 Å². The fourth-order valence-corrected chi connectivity index (χ4v) is 3.58. The molecule has 3 rings (SSSR count). The van der Waals surface area contributed by atoms with Crippen LogP contribution in [0.5, 0.6) is 0 Å². The number of aromatic nitrogens is 4. The number of hydrogen-bond donors (Lipinski definition) is 1. The Morgan fingerprint density at radius 3 is 2.85 bits per heavy atom. The number of carbonyl (C=O) groups excluding carboxylic acids is 1. The normalized spacial score (nSPS) is 12.3. The Kier molecular flexibility index (Phi) is 5.13. The van der Waals surface area contributed by atoms with Gasteiger partial charge in [0.15, 0.2) is 10.8 Å². The molecule has 0 fully saturated rings. The van der Waals surface area contributed by atoms with E-state index in [-0.39, 0.29) is 11.5 Å². The van der Waals surface area contributed by atoms with Crippen LogP contribution in [0.25, 0.3) is 16.7 Å². The van der Waals surface area contributed by atoms with Crippen LogP contribution in [0.1, 0.15) is 24.5 Å². The van der Waals surface area contributed by atoms with Gasteiger partial charge in [-0.05, 0) is 37.5 Å². The maximum Gasteiger partial charge on any atom is 0.319 e. The summed E-state index contributed by atoms with van der Waals surface area (Å²) in [6, 6.07) is 5.90. The van der Waals surface area contributed by atoms with Crippen molar-refractivity contribution >= 4 is 28.8 Å². The topological polar surface area (TPSA) is 89.9 Å². The van der Waals surface area contributed by atoms with Gasteiger partial charge in [-0.1, -0.05) is 30.8 Å². The van der Waals surface area contributed by atoms with Gasteiger partial charge in [-0.25, -0.2) is 9.67 Å². The molecule has 136 valence electrons. The summed E-state index contributed by atoms with van der Waals surface area (Å²) in [5, 5.41) is 4.69. The molecule has 0 aliphatic rings. The predicted molar refractivity (Wildman–Crippen MR) is 101 cm³/mol. The van der Waals surface area contributed by atoms with E-state index >= 15 is 0 Å². The monoisotopic (exact) mass is 372 g/mol. The maximum absolute atomic E-state index is 12.4. The van der Waals surface area contributed by atoms with Crippen LogP contribution in [0.2, 0.25) is 0 Å². The molecule has 0 amide bonds. The first-order valence-corrected chi connectivity index (χ1v) is 9.13. The molecule has 8 heteroatoms. The molecule has 3 aromatic rings. The van der Waals surface area contributed by atoms with E-state index in [1.807, 2.05) is 39.0 Å². The molecule has 7 nitrogen and oxygen atoms in total. The predicted octanol–water partition coefficient (Wildman–Crippen LogP) is 2.77. The van der Waals surface area contributed by atoms with E-state index < -0.39 is 5.25 Å². The molecular formula is C18H20N4O3S. The number of aryl methyl sites for hydroxylation is 1. The summed E-state index contributed by atoms with van der Waals surface area (Å²) in [5.41, 5.74) is 3.24. The number of esters is 1. The van der Waals surface area contributed by atoms with E-state index in [1.54, 1.807) is 4.68 Å². The van der Waals surface area contributed by atoms with E-state index in [0.717, 1.165) is 16.8 Å². The fraction of sp³-hybridized carbons (Fsp3) is 0.333. The molecule has 0 aliphatic carbocycles. The van der Waals surface area contributed by atoms with Crippen molar-refractivity contribution in [3.8, 4) is 5.69 Å². The number of H-pyrrole nitrogens is 1. The number of hydrogen-bond acceptors (Lipinski definition) is 6. The van der Waals surface area contributed by atoms with Gasteiger partial charge in [0.2, 0.25) is 0 Å². The SMILES string of the molecule is CCC(Sc1nc2c(cnn2-c2cccc(C)c2C)c(=O)[nH]1)C(=O)OC. The second kappa shape index (κ2) is 7.33. The van der Waals surface area contributed by atoms with Crippen molar-refractivity contribution < 1.29 is 9.53 Å². The van der Waals surface area contributed by atoms with Gasteiger partial charge in [0.05, 0.1) is 19.0 Å². The quantitative estimate of drug-likeness (QED) is 0.421. The van der Waals surface area contributed by atoms with Gasteiger partial charge in [0.25, 0.3) is 5.56 Å². The van der Waals surface area contributed by atoms with Crippen LogP contribution in [-0.2, 0) is 9.53 Å². The number of fused-ring (bicyclic) bond motifs is 1. The van der Waals surface area contributed by atoms with Crippen LogP contribution in [0.4, 0.5) is 0 Å². The molecule has 2 aromatic heterocycles. The van der Waals surface area contributed by atoms with Crippen LogP contribution in [-0.4, -0.2) is 38.1 Å². The van der Waals surface area contributed by atoms with Gasteiger partial charge >= 0.3 is 5.97 Å². The molecule has 0 bridgehead atoms. The van der Waals surface area contributed by atoms with Gasteiger partial charge in [-0.15, -0.1) is 0 Å². The lowest BCUT2D eigenvalue weighted by Crippen LogP contribution is -2.19. The Hall–Kier alpha value is -2.61. The van der Waals surface area contributed by atoms with E-state index in [0.29, 0.717) is 22.6 Å². The second-order valence-corrected chi connectivity index (χ2v) is 7.11. The molecule has 0 spiro atoms. The first-order chi connectivity index (χ1) is 12.5. The largest absolute Gasteiger partial charge is 0.468 e. The first-order valence-electron chi connectivity index (χ1n) is 8.25. The van der Waals surface area contributed by atoms with Crippen molar-refractivity contribution in [3.05, 3.63) is 45.9 Å². The number of thioether (sulfide) groups is 1. The highest BCUT2D eigenvalue weighted by Gasteiger charge is 2.21. The zero-order valence-corrected chi connectivity index (χ0v) is 15.9. The van der Waals surface area contributed by atoms with Crippen molar-refractivity contribution in [1.82, 2.24) is 19.7 Å². The van der Waals surface area contributed by atoms with Crippen LogP contribution >= 0.6 is 11.8 Å². The zero-order valence-electron chi connectivity index (χ0n) is 15.1. The summed E-state index contributed by atoms with van der Waals surface area (Å²) in [6.45, 7) is 5.91. The Labute approximate surface area is 154 Å². The summed E-state index contributed by atoms with van der Waals surface area (Å²) in [5.74, 6) is -0.344. The highest BCUT2D eigenvalue weighted by molar-refractivity contribution is 8.00. The van der Waals surface area contributed by atoms with Gasteiger partial charge in [-0.3, -0.25) is 9.59 Å². The van der Waals surface area contributed by atoms with Crippen molar-refractivity contribution in [3.63, 3.8) is 0 Å². The highest BCUT2D eigenvalue weighted by Crippen LogP contribution is 2.25. The minimum absolute atomic E-state index is 0.284. The third-order valence-electron chi connectivity index (χ3n) is 4.31. The minimum Gasteiger partial charge on any atom is -0.468 e. The lowest BCUT2D eigenvalue weighted by atomic mass is 10.1. The molecule has 0 radical (unpaired) electrons. The number of ether oxygens (including phenoxy) is 1. The Morgan fingerprint density at radius 2 is 2.15 bits per heavy atom. The summed E-state index contributed by atoms with van der Waals surface area (Å²) >= 11 is 1.18. The van der Waals surface area contributed by atoms with E-state index in [9.17, 15) is 9.59 Å². The summed E-state index contributed by atoms with van der Waals surface area (Å²) in [4.78, 5) is 31.5. The second-order valence-electron chi connectivity index (χ2n) is 5.92. The molecule has 1 aromatic carbocycles. The molecule has 2 heterocycles. The van der Waals surface area contributed by atoms with Crippen LogP contribution < -0.4 is 5.56 Å². The number of nitrogens with zero attached hydrogens (tertiary/aromatic N) is 3. The molecule has 1 N–H and O–H groups in total. The molecule has 0 aliphatic heterocycles. The van der Waals surface area contributed by atoms with Gasteiger partial charge in [0.1, 0.15) is 10.6 Å². The van der Waals surface area contributed by atoms with Crippen LogP contribution in [0.3, 0.4) is 0 Å². The standard InChI is InChI=1S/C18H20N4O3S/c1-5-14(17(24)25-4)26-18-20-15-12(16(23)21-18)9-19-22(15)13-8-6-7-10(2)11(13)3/h6-9,14H,5H2,1-4H3,(H,20,21,23). The molecule has 26 heavy (non-hydrogen) atoms. The maximum atomic E-state index is 12.4. The van der Waals surface area contributed by atoms with E-state index in [4.69, 9.17) is 4.74 Å². The summed E-state index contributed by atoms with van der Waals surface area (Å²) < 4.78 is 6.47. The van der Waals surface area contributed by atoms with Gasteiger partial charge < -0.3 is 9.72 Å².